The number of carbonyl (C=O) groups is 1. The van der Waals surface area contributed by atoms with Crippen LogP contribution in [0.5, 0.6) is 0 Å². The zero-order chi connectivity index (χ0) is 9.68. The van der Waals surface area contributed by atoms with Crippen molar-refractivity contribution in [2.75, 3.05) is 11.5 Å². The highest BCUT2D eigenvalue weighted by Crippen LogP contribution is 1.97. The summed E-state index contributed by atoms with van der Waals surface area (Å²) in [5, 5.41) is 10.4. The minimum atomic E-state index is -0.200. The average Bonchev–Trinajstić information content (AvgIpc) is 2.52. The molecule has 0 aliphatic carbocycles. The van der Waals surface area contributed by atoms with Gasteiger partial charge in [0.2, 0.25) is 6.20 Å². The molecule has 0 amide bonds. The molecule has 0 aromatic carbocycles. The third-order valence-corrected chi connectivity index (χ3v) is 2.11. The monoisotopic (exact) mass is 199 g/mol. The largest absolute Gasteiger partial charge is 0.486 e. The zero-order valence-corrected chi connectivity index (χ0v) is 7.71. The van der Waals surface area contributed by atoms with Crippen molar-refractivity contribution in [2.24, 2.45) is 0 Å². The van der Waals surface area contributed by atoms with Crippen LogP contribution in [0.25, 0.3) is 0 Å². The third kappa shape index (κ3) is 2.90. The lowest BCUT2D eigenvalue weighted by atomic mass is 10.7. The van der Waals surface area contributed by atoms with Gasteiger partial charge in [-0.3, -0.25) is 5.41 Å². The van der Waals surface area contributed by atoms with Crippen LogP contribution in [0.2, 0.25) is 0 Å². The van der Waals surface area contributed by atoms with Gasteiger partial charge in [0.1, 0.15) is 5.75 Å². The maximum Gasteiger partial charge on any atom is 0.394 e. The van der Waals surface area contributed by atoms with E-state index in [0.29, 0.717) is 5.75 Å². The fourth-order valence-corrected chi connectivity index (χ4v) is 1.25. The van der Waals surface area contributed by atoms with Crippen molar-refractivity contribution in [3.8, 4) is 0 Å². The molecule has 0 atom stereocenters. The molecule has 1 aromatic rings. The second-order valence-electron chi connectivity index (χ2n) is 2.21. The molecule has 1 rings (SSSR count). The number of carbonyl (C=O) groups excluding carboxylic acids is 1. The first-order valence-corrected chi connectivity index (χ1v) is 4.71. The van der Waals surface area contributed by atoms with Crippen molar-refractivity contribution in [1.82, 2.24) is 5.27 Å². The molecule has 6 heteroatoms. The highest BCUT2D eigenvalue weighted by molar-refractivity contribution is 8.00. The summed E-state index contributed by atoms with van der Waals surface area (Å²) >= 11 is 1.43. The highest BCUT2D eigenvalue weighted by atomic mass is 32.2. The molecular weight excluding hydrogens is 190 g/mol. The molecule has 5 nitrogen and oxygen atoms in total. The lowest BCUT2D eigenvalue weighted by Gasteiger charge is -1.93. The van der Waals surface area contributed by atoms with Gasteiger partial charge in [-0.2, -0.15) is 4.68 Å². The van der Waals surface area contributed by atoms with Gasteiger partial charge in [-0.15, -0.1) is 18.3 Å². The first-order valence-electron chi connectivity index (χ1n) is 3.56. The van der Waals surface area contributed by atoms with E-state index in [2.05, 4.69) is 16.4 Å². The molecule has 0 fully saturated rings. The molecule has 0 unspecified atom stereocenters. The smallest absolute Gasteiger partial charge is 0.394 e. The Bertz CT molecular complexity index is 355. The third-order valence-electron chi connectivity index (χ3n) is 1.18. The molecule has 1 heterocycles. The van der Waals surface area contributed by atoms with Crippen LogP contribution in [0, 0.1) is 5.41 Å². The summed E-state index contributed by atoms with van der Waals surface area (Å²) in [4.78, 5) is 11.2. The van der Waals surface area contributed by atoms with Crippen molar-refractivity contribution in [2.45, 2.75) is 0 Å². The lowest BCUT2D eigenvalue weighted by Crippen LogP contribution is -2.46. The lowest BCUT2D eigenvalue weighted by molar-refractivity contribution is -0.653. The van der Waals surface area contributed by atoms with E-state index in [1.807, 2.05) is 0 Å². The van der Waals surface area contributed by atoms with E-state index in [1.165, 1.54) is 18.0 Å². The number of rotatable bonds is 4. The Hall–Kier alpha value is -1.30. The maximum absolute atomic E-state index is 11.2. The number of nitrogens with one attached hydrogen (secondary N) is 1. The molecule has 0 saturated carbocycles. The van der Waals surface area contributed by atoms with Gasteiger partial charge in [0.05, 0.1) is 0 Å². The first-order chi connectivity index (χ1) is 6.24. The number of thioether (sulfide) groups is 1. The van der Waals surface area contributed by atoms with Crippen molar-refractivity contribution < 1.29 is 14.0 Å². The molecule has 70 valence electrons. The number of hydrogen-bond acceptors (Lipinski definition) is 4. The Morgan fingerprint density at radius 1 is 1.92 bits per heavy atom. The van der Waals surface area contributed by atoms with Crippen LogP contribution < -0.4 is 15.5 Å². The minimum Gasteiger partial charge on any atom is -0.486 e. The topological polar surface area (TPSA) is 72.0 Å². The molecule has 0 spiro atoms. The van der Waals surface area contributed by atoms with Crippen molar-refractivity contribution in [3.05, 3.63) is 24.4 Å². The van der Waals surface area contributed by atoms with Gasteiger partial charge in [-0.05, 0) is 0 Å². The van der Waals surface area contributed by atoms with Crippen LogP contribution in [-0.4, -0.2) is 17.4 Å². The molecule has 0 saturated heterocycles. The molecule has 1 aromatic heterocycles. The van der Waals surface area contributed by atoms with Gasteiger partial charge >= 0.3 is 5.91 Å². The van der Waals surface area contributed by atoms with Gasteiger partial charge in [0.15, 0.2) is 0 Å². The zero-order valence-electron chi connectivity index (χ0n) is 6.90. The van der Waals surface area contributed by atoms with Gasteiger partial charge < -0.3 is 4.52 Å². The summed E-state index contributed by atoms with van der Waals surface area (Å²) in [5.41, 5.74) is -0.123. The van der Waals surface area contributed by atoms with Crippen molar-refractivity contribution in [3.63, 3.8) is 0 Å². The molecule has 0 aliphatic rings. The average molecular weight is 199 g/mol. The normalized spacial score (nSPS) is 9.85. The summed E-state index contributed by atoms with van der Waals surface area (Å²) in [5.74, 6) is 0.828. The molecule has 0 bridgehead atoms. The van der Waals surface area contributed by atoms with E-state index in [4.69, 9.17) is 5.41 Å². The van der Waals surface area contributed by atoms with E-state index in [1.54, 1.807) is 6.08 Å². The summed E-state index contributed by atoms with van der Waals surface area (Å²) < 4.78 is 5.45. The van der Waals surface area contributed by atoms with E-state index in [0.717, 1.165) is 10.4 Å². The van der Waals surface area contributed by atoms with E-state index in [9.17, 15) is 4.79 Å². The molecule has 0 radical (unpaired) electrons. The standard InChI is InChI=1S/C7H9N3O2S/c1-2-3-13-5-7(11)10-4-6(8)12-9-10/h2,4,8H,1,3,5H2. The summed E-state index contributed by atoms with van der Waals surface area (Å²) in [6.07, 6.45) is 2.96. The van der Waals surface area contributed by atoms with Crippen molar-refractivity contribution >= 4 is 17.7 Å². The molecule has 0 aliphatic heterocycles. The summed E-state index contributed by atoms with van der Waals surface area (Å²) in [6.45, 7) is 3.53. The van der Waals surface area contributed by atoms with Crippen LogP contribution in [0.15, 0.2) is 23.4 Å². The molecular formula is C7H9N3O2S. The second kappa shape index (κ2) is 4.66. The van der Waals surface area contributed by atoms with Crippen LogP contribution in [0.4, 0.5) is 0 Å². The Kier molecular flexibility index (Phi) is 3.51. The van der Waals surface area contributed by atoms with Gasteiger partial charge in [0, 0.05) is 5.75 Å². The van der Waals surface area contributed by atoms with E-state index < -0.39 is 0 Å². The Morgan fingerprint density at radius 3 is 3.23 bits per heavy atom. The first kappa shape index (κ1) is 9.79. The van der Waals surface area contributed by atoms with Crippen LogP contribution in [0.1, 0.15) is 4.79 Å². The fourth-order valence-electron chi connectivity index (χ4n) is 0.659. The maximum atomic E-state index is 11.2. The Labute approximate surface area is 78.9 Å². The Balaban J connectivity index is 2.49. The molecule has 13 heavy (non-hydrogen) atoms. The quantitative estimate of drug-likeness (QED) is 0.405. The summed E-state index contributed by atoms with van der Waals surface area (Å²) in [7, 11) is 0. The molecule has 1 N–H and O–H groups in total. The number of aromatic nitrogens is 2. The van der Waals surface area contributed by atoms with Crippen LogP contribution in [0.3, 0.4) is 0 Å². The SMILES string of the molecule is C=CCSCC(=O)[n+]1cc(=N)o[n-]1. The van der Waals surface area contributed by atoms with Gasteiger partial charge in [0.25, 0.3) is 5.55 Å². The predicted molar refractivity (Wildman–Crippen MR) is 46.2 cm³/mol. The van der Waals surface area contributed by atoms with Crippen LogP contribution >= 0.6 is 11.8 Å². The number of nitrogens with zero attached hydrogens (tertiary/aromatic N) is 2. The van der Waals surface area contributed by atoms with E-state index >= 15 is 0 Å². The Morgan fingerprint density at radius 2 is 2.69 bits per heavy atom. The fraction of sp³-hybridized carbons (Fsp3) is 0.286. The number of hydrogen-bond donors (Lipinski definition) is 1. The van der Waals surface area contributed by atoms with Crippen molar-refractivity contribution in [1.29, 1.82) is 5.41 Å². The van der Waals surface area contributed by atoms with Gasteiger partial charge in [-0.25, -0.2) is 10.1 Å². The minimum absolute atomic E-state index is 0.123. The highest BCUT2D eigenvalue weighted by Gasteiger charge is 2.10. The second-order valence-corrected chi connectivity index (χ2v) is 3.24. The predicted octanol–water partition coefficient (Wildman–Crippen LogP) is -0.437. The van der Waals surface area contributed by atoms with Crippen LogP contribution in [-0.2, 0) is 0 Å². The van der Waals surface area contributed by atoms with Gasteiger partial charge in [-0.1, -0.05) is 6.08 Å². The summed E-state index contributed by atoms with van der Waals surface area (Å²) in [6, 6.07) is 0. The van der Waals surface area contributed by atoms with E-state index in [-0.39, 0.29) is 11.5 Å².